The number of quaternary nitrogens is 1. The lowest BCUT2D eigenvalue weighted by atomic mass is 10.0. The van der Waals surface area contributed by atoms with Crippen molar-refractivity contribution in [2.45, 2.75) is 277 Å². The third-order valence-corrected chi connectivity index (χ3v) is 14.7. The van der Waals surface area contributed by atoms with Crippen molar-refractivity contribution in [1.29, 1.82) is 0 Å². The Kier molecular flexibility index (Phi) is 55.4. The molecule has 2 N–H and O–H groups in total. The highest BCUT2D eigenvalue weighted by Crippen LogP contribution is 2.43. The van der Waals surface area contributed by atoms with E-state index in [-0.39, 0.29) is 25.5 Å². The molecule has 454 valence electrons. The lowest BCUT2D eigenvalue weighted by Gasteiger charge is -2.27. The zero-order valence-electron chi connectivity index (χ0n) is 51.8. The number of allylic oxidation sites excluding steroid dienone is 17. The standard InChI is InChI=1S/C69H121N2O7P/c1-7-10-13-16-19-22-25-27-29-31-33-34-35-36-38-39-41-43-46-49-52-55-58-61-68(72)70-66(65-77-79(74,75)76-64-63-71(4,5)6)67(60-57-54-51-48-45-24-21-18-15-12-9-3)78-69(73)62-59-56-53-50-47-44-42-40-37-32-30-28-26-23-20-17-14-11-8-2/h11,14,19-20,22-23,27-30,37,40,44,47,53,56-57,60,66-67H,7-10,12-13,15-18,21,24-26,31-36,38-39,41-43,45-46,48-52,54-55,58-59,61-65H2,1-6H3,(H-,70,72,74,75)/p+1/b14-11-,22-19-,23-20-,29-27-,30-28-,40-37-,47-44-,56-53-,60-57-. The quantitative estimate of drug-likeness (QED) is 0.0205. The highest BCUT2D eigenvalue weighted by atomic mass is 31.2. The summed E-state index contributed by atoms with van der Waals surface area (Å²) in [6, 6.07) is -0.885. The van der Waals surface area contributed by atoms with E-state index in [4.69, 9.17) is 13.8 Å². The molecule has 0 aliphatic carbocycles. The highest BCUT2D eigenvalue weighted by molar-refractivity contribution is 7.47. The van der Waals surface area contributed by atoms with Crippen LogP contribution < -0.4 is 5.32 Å². The number of carbonyl (C=O) groups excluding carboxylic acids is 2. The Morgan fingerprint density at radius 1 is 0.456 bits per heavy atom. The molecule has 0 spiro atoms. The molecule has 0 aliphatic rings. The zero-order valence-corrected chi connectivity index (χ0v) is 52.7. The number of unbranched alkanes of at least 4 members (excludes halogenated alkanes) is 25. The van der Waals surface area contributed by atoms with Crippen LogP contribution in [0.5, 0.6) is 0 Å². The number of phosphoric acid groups is 1. The van der Waals surface area contributed by atoms with E-state index in [1.54, 1.807) is 0 Å². The molecule has 0 aromatic carbocycles. The lowest BCUT2D eigenvalue weighted by Crippen LogP contribution is -2.47. The summed E-state index contributed by atoms with van der Waals surface area (Å²) in [5, 5.41) is 3.04. The first-order valence-electron chi connectivity index (χ1n) is 32.2. The van der Waals surface area contributed by atoms with E-state index >= 15 is 0 Å². The van der Waals surface area contributed by atoms with Gasteiger partial charge in [0.15, 0.2) is 0 Å². The van der Waals surface area contributed by atoms with Crippen LogP contribution in [-0.2, 0) is 27.9 Å². The van der Waals surface area contributed by atoms with E-state index in [1.165, 1.54) is 141 Å². The van der Waals surface area contributed by atoms with Crippen LogP contribution in [0, 0.1) is 0 Å². The number of likely N-dealkylation sites (N-methyl/N-ethyl adjacent to an activating group) is 1. The van der Waals surface area contributed by atoms with Gasteiger partial charge in [0.25, 0.3) is 0 Å². The fourth-order valence-electron chi connectivity index (χ4n) is 8.76. The smallest absolute Gasteiger partial charge is 0.456 e. The molecule has 0 saturated carbocycles. The number of amides is 1. The first kappa shape index (κ1) is 75.7. The summed E-state index contributed by atoms with van der Waals surface area (Å²) in [4.78, 5) is 37.7. The Morgan fingerprint density at radius 2 is 0.823 bits per heavy atom. The Balaban J connectivity index is 5.24. The molecule has 0 heterocycles. The van der Waals surface area contributed by atoms with Crippen molar-refractivity contribution in [3.8, 4) is 0 Å². The average molecular weight is 1120 g/mol. The molecule has 1 amide bonds. The molecule has 0 aromatic rings. The third-order valence-electron chi connectivity index (χ3n) is 13.7. The zero-order chi connectivity index (χ0) is 57.9. The minimum absolute atomic E-state index is 0.0243. The van der Waals surface area contributed by atoms with Crippen LogP contribution in [0.3, 0.4) is 0 Å². The van der Waals surface area contributed by atoms with Gasteiger partial charge in [0.05, 0.1) is 33.8 Å². The van der Waals surface area contributed by atoms with Crippen LogP contribution in [0.4, 0.5) is 0 Å². The van der Waals surface area contributed by atoms with Crippen molar-refractivity contribution in [3.05, 3.63) is 109 Å². The van der Waals surface area contributed by atoms with E-state index in [0.29, 0.717) is 23.9 Å². The molecule has 0 rings (SSSR count). The second-order valence-electron chi connectivity index (χ2n) is 22.5. The fourth-order valence-corrected chi connectivity index (χ4v) is 9.50. The minimum Gasteiger partial charge on any atom is -0.456 e. The first-order chi connectivity index (χ1) is 38.4. The Labute approximate surface area is 487 Å². The van der Waals surface area contributed by atoms with Gasteiger partial charge >= 0.3 is 13.8 Å². The topological polar surface area (TPSA) is 111 Å². The lowest BCUT2D eigenvalue weighted by molar-refractivity contribution is -0.870. The Bertz CT molecular complexity index is 1720. The number of hydrogen-bond donors (Lipinski definition) is 2. The molecule has 79 heavy (non-hydrogen) atoms. The van der Waals surface area contributed by atoms with Gasteiger partial charge in [-0.3, -0.25) is 18.6 Å². The fraction of sp³-hybridized carbons (Fsp3) is 0.710. The summed E-state index contributed by atoms with van der Waals surface area (Å²) in [5.74, 6) is -0.607. The number of nitrogens with one attached hydrogen (secondary N) is 1. The highest BCUT2D eigenvalue weighted by Gasteiger charge is 2.30. The van der Waals surface area contributed by atoms with Gasteiger partial charge in [0, 0.05) is 12.8 Å². The molecule has 0 aromatic heterocycles. The van der Waals surface area contributed by atoms with Crippen LogP contribution in [0.15, 0.2) is 109 Å². The van der Waals surface area contributed by atoms with Crippen molar-refractivity contribution in [1.82, 2.24) is 5.32 Å². The summed E-state index contributed by atoms with van der Waals surface area (Å²) in [6.07, 6.45) is 79.7. The van der Waals surface area contributed by atoms with Gasteiger partial charge in [0.1, 0.15) is 19.3 Å². The Hall–Kier alpha value is -3.33. The van der Waals surface area contributed by atoms with Crippen LogP contribution in [0.2, 0.25) is 0 Å². The molecule has 10 heteroatoms. The average Bonchev–Trinajstić information content (AvgIpc) is 3.41. The van der Waals surface area contributed by atoms with Crippen molar-refractivity contribution in [2.75, 3.05) is 40.9 Å². The molecular formula is C69H122N2O7P+. The predicted molar refractivity (Wildman–Crippen MR) is 341 cm³/mol. The van der Waals surface area contributed by atoms with Crippen molar-refractivity contribution < 1.29 is 37.3 Å². The van der Waals surface area contributed by atoms with Crippen LogP contribution in [0.25, 0.3) is 0 Å². The summed E-state index contributed by atoms with van der Waals surface area (Å²) in [7, 11) is 1.45. The van der Waals surface area contributed by atoms with Crippen molar-refractivity contribution >= 4 is 19.7 Å². The second-order valence-corrected chi connectivity index (χ2v) is 24.0. The molecule has 0 aliphatic heterocycles. The maximum atomic E-state index is 13.6. The van der Waals surface area contributed by atoms with Gasteiger partial charge in [-0.25, -0.2) is 4.57 Å². The molecule has 0 fully saturated rings. The van der Waals surface area contributed by atoms with Crippen LogP contribution in [-0.4, -0.2) is 74.3 Å². The first-order valence-corrected chi connectivity index (χ1v) is 33.7. The summed E-state index contributed by atoms with van der Waals surface area (Å²) < 4.78 is 30.6. The number of rotatable bonds is 57. The van der Waals surface area contributed by atoms with Gasteiger partial charge in [0.2, 0.25) is 5.91 Å². The van der Waals surface area contributed by atoms with Crippen LogP contribution in [0.1, 0.15) is 265 Å². The number of nitrogens with zero attached hydrogens (tertiary/aromatic N) is 1. The number of ether oxygens (including phenoxy) is 1. The van der Waals surface area contributed by atoms with Gasteiger partial charge in [-0.05, 0) is 102 Å². The van der Waals surface area contributed by atoms with Gasteiger partial charge in [-0.2, -0.15) is 0 Å². The third kappa shape index (κ3) is 59.1. The molecule has 0 radical (unpaired) electrons. The van der Waals surface area contributed by atoms with E-state index in [0.717, 1.165) is 83.5 Å². The SMILES string of the molecule is CC/C=C\C/C=C\C/C=C\C/C=C\C/C=C\C/C=C\CCC(=O)OC(/C=C\CCCCCCCCCCC)C(COP(=O)(O)OCC[N+](C)(C)C)NC(=O)CCCCCCCCCCCCCCC/C=C\C/C=C\CCCCC. The molecule has 0 bridgehead atoms. The summed E-state index contributed by atoms with van der Waals surface area (Å²) in [6.45, 7) is 6.82. The summed E-state index contributed by atoms with van der Waals surface area (Å²) in [5.41, 5.74) is 0. The molecule has 0 saturated heterocycles. The maximum Gasteiger partial charge on any atom is 0.472 e. The van der Waals surface area contributed by atoms with Gasteiger partial charge < -0.3 is 19.4 Å². The van der Waals surface area contributed by atoms with E-state index in [9.17, 15) is 19.0 Å². The predicted octanol–water partition coefficient (Wildman–Crippen LogP) is 20.1. The van der Waals surface area contributed by atoms with Crippen LogP contribution >= 0.6 is 7.82 Å². The summed E-state index contributed by atoms with van der Waals surface area (Å²) >= 11 is 0. The van der Waals surface area contributed by atoms with Crippen molar-refractivity contribution in [2.24, 2.45) is 0 Å². The normalized spacial score (nSPS) is 14.4. The largest absolute Gasteiger partial charge is 0.472 e. The van der Waals surface area contributed by atoms with E-state index in [2.05, 4.69) is 117 Å². The molecule has 3 unspecified atom stereocenters. The van der Waals surface area contributed by atoms with Gasteiger partial charge in [-0.1, -0.05) is 259 Å². The number of carbonyl (C=O) groups is 2. The second kappa shape index (κ2) is 57.9. The monoisotopic (exact) mass is 1120 g/mol. The van der Waals surface area contributed by atoms with Gasteiger partial charge in [-0.15, -0.1) is 0 Å². The molecule has 3 atom stereocenters. The number of esters is 1. The van der Waals surface area contributed by atoms with E-state index in [1.807, 2.05) is 39.4 Å². The molecule has 9 nitrogen and oxygen atoms in total. The minimum atomic E-state index is -4.47. The number of phosphoric ester groups is 1. The maximum absolute atomic E-state index is 13.6. The van der Waals surface area contributed by atoms with Crippen molar-refractivity contribution in [3.63, 3.8) is 0 Å². The number of hydrogen-bond acceptors (Lipinski definition) is 6. The molecular weight excluding hydrogens is 1000 g/mol. The Morgan fingerprint density at radius 3 is 1.27 bits per heavy atom. The van der Waals surface area contributed by atoms with E-state index < -0.39 is 25.9 Å².